The van der Waals surface area contributed by atoms with Crippen LogP contribution in [0.15, 0.2) is 58.3 Å². The number of likely N-dealkylation sites (tertiary alicyclic amines) is 1. The van der Waals surface area contributed by atoms with E-state index in [4.69, 9.17) is 5.26 Å². The summed E-state index contributed by atoms with van der Waals surface area (Å²) in [5.41, 5.74) is 0.427. The smallest absolute Gasteiger partial charge is 0.179 e. The van der Waals surface area contributed by atoms with Crippen molar-refractivity contribution in [2.75, 3.05) is 13.1 Å². The van der Waals surface area contributed by atoms with Crippen molar-refractivity contribution in [2.45, 2.75) is 28.0 Å². The summed E-state index contributed by atoms with van der Waals surface area (Å²) in [7, 11) is 0. The van der Waals surface area contributed by atoms with Gasteiger partial charge in [0.25, 0.3) is 0 Å². The van der Waals surface area contributed by atoms with Gasteiger partial charge in [0.2, 0.25) is 0 Å². The summed E-state index contributed by atoms with van der Waals surface area (Å²) < 4.78 is 13.1. The predicted molar refractivity (Wildman–Crippen MR) is 90.7 cm³/mol. The molecule has 5 heteroatoms. The third kappa shape index (κ3) is 3.22. The monoisotopic (exact) mass is 337 g/mol. The highest BCUT2D eigenvalue weighted by Gasteiger charge is 2.38. The Morgan fingerprint density at radius 1 is 1.00 bits per heavy atom. The highest BCUT2D eigenvalue weighted by atomic mass is 32.2. The summed E-state index contributed by atoms with van der Waals surface area (Å²) >= 11 is 1.54. The van der Waals surface area contributed by atoms with E-state index in [0.29, 0.717) is 25.9 Å². The Labute approximate surface area is 145 Å². The molecule has 1 aliphatic rings. The summed E-state index contributed by atoms with van der Waals surface area (Å²) in [4.78, 5) is 3.65. The number of benzene rings is 2. The van der Waals surface area contributed by atoms with E-state index in [2.05, 4.69) is 12.3 Å². The van der Waals surface area contributed by atoms with E-state index in [9.17, 15) is 9.65 Å². The lowest BCUT2D eigenvalue weighted by atomic mass is 9.74. The topological polar surface area (TPSA) is 50.8 Å². The van der Waals surface area contributed by atoms with Crippen LogP contribution in [0, 0.1) is 28.6 Å². The molecule has 2 aromatic rings. The molecule has 3 rings (SSSR count). The van der Waals surface area contributed by atoms with Crippen molar-refractivity contribution in [1.29, 1.82) is 10.5 Å². The lowest BCUT2D eigenvalue weighted by Crippen LogP contribution is -2.40. The molecule has 0 unspecified atom stereocenters. The molecule has 0 amide bonds. The number of halogens is 1. The van der Waals surface area contributed by atoms with Crippen LogP contribution in [0.1, 0.15) is 18.4 Å². The summed E-state index contributed by atoms with van der Waals surface area (Å²) in [5, 5.41) is 18.9. The minimum Gasteiger partial charge on any atom is -0.311 e. The fourth-order valence-corrected chi connectivity index (χ4v) is 4.06. The molecular formula is C19H16FN3S. The molecule has 2 aromatic carbocycles. The summed E-state index contributed by atoms with van der Waals surface area (Å²) in [6, 6.07) is 16.8. The van der Waals surface area contributed by atoms with Gasteiger partial charge in [0.15, 0.2) is 6.19 Å². The molecule has 0 radical (unpaired) electrons. The van der Waals surface area contributed by atoms with Crippen molar-refractivity contribution in [2.24, 2.45) is 0 Å². The van der Waals surface area contributed by atoms with Crippen LogP contribution in [0.25, 0.3) is 0 Å². The summed E-state index contributed by atoms with van der Waals surface area (Å²) in [6.45, 7) is 1.19. The number of nitriles is 2. The van der Waals surface area contributed by atoms with Crippen molar-refractivity contribution in [3.8, 4) is 12.3 Å². The van der Waals surface area contributed by atoms with Gasteiger partial charge >= 0.3 is 0 Å². The Hall–Kier alpha value is -2.50. The second kappa shape index (κ2) is 6.95. The minimum absolute atomic E-state index is 0.259. The van der Waals surface area contributed by atoms with Crippen molar-refractivity contribution < 1.29 is 4.39 Å². The molecule has 0 aromatic heterocycles. The molecule has 1 saturated heterocycles. The SMILES string of the molecule is N#CN1CCC(C#N)(c2ccccc2Sc2ccc(F)cc2)CC1. The summed E-state index contributed by atoms with van der Waals surface area (Å²) in [5.74, 6) is -0.259. The molecule has 0 saturated carbocycles. The van der Waals surface area contributed by atoms with Gasteiger partial charge < -0.3 is 4.90 Å². The number of piperidine rings is 1. The van der Waals surface area contributed by atoms with Gasteiger partial charge in [-0.1, -0.05) is 30.0 Å². The molecule has 24 heavy (non-hydrogen) atoms. The maximum absolute atomic E-state index is 13.1. The van der Waals surface area contributed by atoms with Gasteiger partial charge in [0.1, 0.15) is 5.82 Å². The van der Waals surface area contributed by atoms with Crippen LogP contribution in [-0.4, -0.2) is 18.0 Å². The summed E-state index contributed by atoms with van der Waals surface area (Å²) in [6.07, 6.45) is 3.43. The van der Waals surface area contributed by atoms with Crippen LogP contribution in [-0.2, 0) is 5.41 Å². The standard InChI is InChI=1S/C19H16FN3S/c20-15-5-7-16(8-6-15)24-18-4-2-1-3-17(18)19(13-21)9-11-23(14-22)12-10-19/h1-8H,9-12H2. The van der Waals surface area contributed by atoms with Crippen LogP contribution in [0.5, 0.6) is 0 Å². The van der Waals surface area contributed by atoms with Gasteiger partial charge in [-0.05, 0) is 48.7 Å². The quantitative estimate of drug-likeness (QED) is 0.783. The third-order valence-electron chi connectivity index (χ3n) is 4.42. The molecule has 0 bridgehead atoms. The zero-order chi connectivity index (χ0) is 17.0. The van der Waals surface area contributed by atoms with Gasteiger partial charge in [-0.15, -0.1) is 0 Å². The molecule has 0 atom stereocenters. The van der Waals surface area contributed by atoms with E-state index >= 15 is 0 Å². The first kappa shape index (κ1) is 16.4. The molecule has 3 nitrogen and oxygen atoms in total. The second-order valence-corrected chi connectivity index (χ2v) is 6.95. The lowest BCUT2D eigenvalue weighted by molar-refractivity contribution is 0.253. The Kier molecular flexibility index (Phi) is 4.74. The lowest BCUT2D eigenvalue weighted by Gasteiger charge is -2.36. The number of rotatable bonds is 3. The molecular weight excluding hydrogens is 321 g/mol. The molecule has 0 N–H and O–H groups in total. The molecule has 1 fully saturated rings. The average Bonchev–Trinajstić information content (AvgIpc) is 2.64. The number of hydrogen-bond acceptors (Lipinski definition) is 4. The number of hydrogen-bond donors (Lipinski definition) is 0. The van der Waals surface area contributed by atoms with Gasteiger partial charge in [-0.2, -0.15) is 10.5 Å². The van der Waals surface area contributed by atoms with Crippen molar-refractivity contribution in [3.63, 3.8) is 0 Å². The molecule has 1 aliphatic heterocycles. The highest BCUT2D eigenvalue weighted by Crippen LogP contribution is 2.41. The van der Waals surface area contributed by atoms with E-state index in [1.807, 2.05) is 24.3 Å². The van der Waals surface area contributed by atoms with Crippen molar-refractivity contribution in [3.05, 3.63) is 59.9 Å². The van der Waals surface area contributed by atoms with E-state index in [1.165, 1.54) is 12.1 Å². The molecule has 1 heterocycles. The van der Waals surface area contributed by atoms with Gasteiger partial charge in [0, 0.05) is 22.9 Å². The molecule has 0 spiro atoms. The highest BCUT2D eigenvalue weighted by molar-refractivity contribution is 7.99. The Bertz CT molecular complexity index is 797. The zero-order valence-electron chi connectivity index (χ0n) is 13.1. The minimum atomic E-state index is -0.572. The first-order chi connectivity index (χ1) is 11.7. The number of nitrogens with zero attached hydrogens (tertiary/aromatic N) is 3. The Balaban J connectivity index is 1.92. The first-order valence-corrected chi connectivity index (χ1v) is 8.57. The zero-order valence-corrected chi connectivity index (χ0v) is 13.9. The van der Waals surface area contributed by atoms with Crippen LogP contribution < -0.4 is 0 Å². The normalized spacial score (nSPS) is 16.2. The van der Waals surface area contributed by atoms with E-state index < -0.39 is 5.41 Å². The largest absolute Gasteiger partial charge is 0.311 e. The Morgan fingerprint density at radius 3 is 2.29 bits per heavy atom. The fourth-order valence-electron chi connectivity index (χ4n) is 3.01. The van der Waals surface area contributed by atoms with Crippen LogP contribution in [0.3, 0.4) is 0 Å². The van der Waals surface area contributed by atoms with Crippen LogP contribution in [0.4, 0.5) is 4.39 Å². The first-order valence-electron chi connectivity index (χ1n) is 7.76. The molecule has 0 aliphatic carbocycles. The van der Waals surface area contributed by atoms with Crippen molar-refractivity contribution >= 4 is 11.8 Å². The van der Waals surface area contributed by atoms with Crippen molar-refractivity contribution in [1.82, 2.24) is 4.90 Å². The van der Waals surface area contributed by atoms with Crippen LogP contribution in [0.2, 0.25) is 0 Å². The van der Waals surface area contributed by atoms with E-state index in [0.717, 1.165) is 15.4 Å². The Morgan fingerprint density at radius 2 is 1.67 bits per heavy atom. The second-order valence-electron chi connectivity index (χ2n) is 5.83. The molecule has 120 valence electrons. The van der Waals surface area contributed by atoms with Crippen LogP contribution >= 0.6 is 11.8 Å². The third-order valence-corrected chi connectivity index (χ3v) is 5.50. The van der Waals surface area contributed by atoms with E-state index in [-0.39, 0.29) is 5.82 Å². The average molecular weight is 337 g/mol. The van der Waals surface area contributed by atoms with E-state index in [1.54, 1.807) is 28.8 Å². The fraction of sp³-hybridized carbons (Fsp3) is 0.263. The van der Waals surface area contributed by atoms with Gasteiger partial charge in [-0.25, -0.2) is 4.39 Å². The van der Waals surface area contributed by atoms with Gasteiger partial charge in [0.05, 0.1) is 11.5 Å². The van der Waals surface area contributed by atoms with Gasteiger partial charge in [-0.3, -0.25) is 0 Å². The maximum atomic E-state index is 13.1. The predicted octanol–water partition coefficient (Wildman–Crippen LogP) is 4.32. The maximum Gasteiger partial charge on any atom is 0.179 e.